The summed E-state index contributed by atoms with van der Waals surface area (Å²) in [5.74, 6) is -1.83. The number of hydrogen-bond donors (Lipinski definition) is 3. The van der Waals surface area contributed by atoms with Crippen molar-refractivity contribution in [3.8, 4) is 0 Å². The van der Waals surface area contributed by atoms with Gasteiger partial charge in [0.2, 0.25) is 0 Å². The van der Waals surface area contributed by atoms with Gasteiger partial charge in [0.25, 0.3) is 16.1 Å². The summed E-state index contributed by atoms with van der Waals surface area (Å²) in [5, 5.41) is 4.68. The van der Waals surface area contributed by atoms with Crippen molar-refractivity contribution in [1.29, 1.82) is 0 Å². The first-order valence-electron chi connectivity index (χ1n) is 3.69. The Morgan fingerprint density at radius 3 is 2.47 bits per heavy atom. The molecule has 0 saturated carbocycles. The predicted molar refractivity (Wildman–Crippen MR) is 51.6 cm³/mol. The number of rotatable bonds is 3. The van der Waals surface area contributed by atoms with Gasteiger partial charge in [-0.1, -0.05) is 0 Å². The normalized spacial score (nSPS) is 11.1. The molecule has 0 spiro atoms. The summed E-state index contributed by atoms with van der Waals surface area (Å²) in [5.41, 5.74) is 4.41. The number of carbonyl (C=O) groups is 1. The van der Waals surface area contributed by atoms with E-state index in [4.69, 9.17) is 5.73 Å². The first kappa shape index (κ1) is 11.4. The third-order valence-corrected chi connectivity index (χ3v) is 2.01. The lowest BCUT2D eigenvalue weighted by Gasteiger charge is -2.05. The molecule has 82 valence electrons. The molecule has 0 fully saturated rings. The van der Waals surface area contributed by atoms with Crippen LogP contribution >= 0.6 is 0 Å². The molecule has 0 aliphatic carbocycles. The Morgan fingerprint density at radius 2 is 2.00 bits per heavy atom. The molecule has 1 aromatic carbocycles. The van der Waals surface area contributed by atoms with Gasteiger partial charge in [-0.15, -0.1) is 0 Å². The van der Waals surface area contributed by atoms with E-state index in [-0.39, 0.29) is 5.69 Å². The molecule has 1 rings (SSSR count). The summed E-state index contributed by atoms with van der Waals surface area (Å²) in [7, 11) is -3.96. The van der Waals surface area contributed by atoms with Crippen LogP contribution in [0.25, 0.3) is 0 Å². The molecule has 15 heavy (non-hydrogen) atoms. The van der Waals surface area contributed by atoms with Gasteiger partial charge in [0, 0.05) is 0 Å². The Labute approximate surface area is 85.2 Å². The van der Waals surface area contributed by atoms with E-state index in [1.54, 1.807) is 0 Å². The van der Waals surface area contributed by atoms with E-state index in [1.165, 1.54) is 0 Å². The van der Waals surface area contributed by atoms with Crippen LogP contribution in [-0.2, 0) is 10.2 Å². The fraction of sp³-hybridized carbons (Fsp3) is 0. The van der Waals surface area contributed by atoms with Crippen LogP contribution in [0.3, 0.4) is 0 Å². The molecule has 0 saturated heterocycles. The van der Waals surface area contributed by atoms with Gasteiger partial charge in [-0.05, 0) is 18.2 Å². The van der Waals surface area contributed by atoms with E-state index >= 15 is 0 Å². The highest BCUT2D eigenvalue weighted by Gasteiger charge is 2.10. The Hall–Kier alpha value is -1.67. The van der Waals surface area contributed by atoms with E-state index in [1.807, 2.05) is 4.72 Å². The number of halogens is 1. The average Bonchev–Trinajstić information content (AvgIpc) is 2.05. The number of primary amides is 1. The van der Waals surface area contributed by atoms with E-state index in [2.05, 4.69) is 5.14 Å². The summed E-state index contributed by atoms with van der Waals surface area (Å²) < 4.78 is 36.1. The zero-order valence-electron chi connectivity index (χ0n) is 7.40. The molecular formula is C7H8FN3O3S. The highest BCUT2D eigenvalue weighted by atomic mass is 32.2. The number of nitrogens with one attached hydrogen (secondary N) is 1. The Balaban J connectivity index is 3.14. The molecule has 0 bridgehead atoms. The minimum atomic E-state index is -3.96. The van der Waals surface area contributed by atoms with Gasteiger partial charge in [0.05, 0.1) is 11.3 Å². The molecule has 0 unspecified atom stereocenters. The third-order valence-electron chi connectivity index (χ3n) is 1.49. The van der Waals surface area contributed by atoms with Crippen molar-refractivity contribution < 1.29 is 17.6 Å². The zero-order chi connectivity index (χ0) is 11.6. The van der Waals surface area contributed by atoms with Gasteiger partial charge in [0.1, 0.15) is 5.82 Å². The molecule has 0 atom stereocenters. The van der Waals surface area contributed by atoms with E-state index in [0.717, 1.165) is 18.2 Å². The lowest BCUT2D eigenvalue weighted by Crippen LogP contribution is -2.22. The largest absolute Gasteiger partial charge is 0.366 e. The fourth-order valence-electron chi connectivity index (χ4n) is 0.942. The molecule has 6 nitrogen and oxygen atoms in total. The van der Waals surface area contributed by atoms with Gasteiger partial charge >= 0.3 is 0 Å². The lowest BCUT2D eigenvalue weighted by atomic mass is 10.2. The van der Waals surface area contributed by atoms with Gasteiger partial charge in [0.15, 0.2) is 0 Å². The van der Waals surface area contributed by atoms with Crippen LogP contribution in [0.5, 0.6) is 0 Å². The highest BCUT2D eigenvalue weighted by Crippen LogP contribution is 2.14. The second-order valence-corrected chi connectivity index (χ2v) is 4.00. The quantitative estimate of drug-likeness (QED) is 0.656. The Morgan fingerprint density at radius 1 is 1.40 bits per heavy atom. The number of nitrogens with two attached hydrogens (primary N) is 2. The van der Waals surface area contributed by atoms with Crippen molar-refractivity contribution >= 4 is 21.8 Å². The van der Waals surface area contributed by atoms with E-state index in [0.29, 0.717) is 0 Å². The average molecular weight is 233 g/mol. The van der Waals surface area contributed by atoms with Crippen LogP contribution in [0.1, 0.15) is 10.4 Å². The number of hydrogen-bond acceptors (Lipinski definition) is 3. The number of carbonyl (C=O) groups excluding carboxylic acids is 1. The smallest absolute Gasteiger partial charge is 0.296 e. The van der Waals surface area contributed by atoms with Crippen LogP contribution in [0.4, 0.5) is 10.1 Å². The molecule has 5 N–H and O–H groups in total. The van der Waals surface area contributed by atoms with Crippen molar-refractivity contribution in [2.45, 2.75) is 0 Å². The van der Waals surface area contributed by atoms with E-state index in [9.17, 15) is 17.6 Å². The van der Waals surface area contributed by atoms with E-state index < -0.39 is 27.5 Å². The Bertz CT molecular complexity index is 500. The third kappa shape index (κ3) is 3.18. The molecule has 8 heteroatoms. The summed E-state index contributed by atoms with van der Waals surface area (Å²) in [4.78, 5) is 10.7. The first-order chi connectivity index (χ1) is 6.79. The van der Waals surface area contributed by atoms with Crippen molar-refractivity contribution in [3.05, 3.63) is 29.6 Å². The Kier molecular flexibility index (Phi) is 2.91. The molecule has 0 aromatic heterocycles. The van der Waals surface area contributed by atoms with Crippen LogP contribution in [0, 0.1) is 5.82 Å². The van der Waals surface area contributed by atoms with Crippen LogP contribution in [-0.4, -0.2) is 14.3 Å². The second-order valence-electron chi connectivity index (χ2n) is 2.71. The maximum atomic E-state index is 12.9. The summed E-state index contributed by atoms with van der Waals surface area (Å²) in [6, 6.07) is 2.99. The molecule has 1 amide bonds. The van der Waals surface area contributed by atoms with Gasteiger partial charge in [-0.25, -0.2) is 9.53 Å². The molecule has 0 radical (unpaired) electrons. The minimum Gasteiger partial charge on any atom is -0.366 e. The number of amides is 1. The molecule has 1 aromatic rings. The molecular weight excluding hydrogens is 225 g/mol. The maximum Gasteiger partial charge on any atom is 0.296 e. The fourth-order valence-corrected chi connectivity index (χ4v) is 1.40. The second kappa shape index (κ2) is 3.83. The summed E-state index contributed by atoms with van der Waals surface area (Å²) >= 11 is 0. The van der Waals surface area contributed by atoms with Crippen LogP contribution in [0.15, 0.2) is 18.2 Å². The van der Waals surface area contributed by atoms with Crippen LogP contribution in [0.2, 0.25) is 0 Å². The summed E-state index contributed by atoms with van der Waals surface area (Å²) in [6.45, 7) is 0. The topological polar surface area (TPSA) is 115 Å². The lowest BCUT2D eigenvalue weighted by molar-refractivity contribution is 0.0996. The maximum absolute atomic E-state index is 12.9. The number of benzene rings is 1. The number of anilines is 1. The highest BCUT2D eigenvalue weighted by molar-refractivity contribution is 7.90. The zero-order valence-corrected chi connectivity index (χ0v) is 8.21. The first-order valence-corrected chi connectivity index (χ1v) is 5.24. The SMILES string of the molecule is NC(=O)c1cc(NS(N)(=O)=O)ccc1F. The van der Waals surface area contributed by atoms with Gasteiger partial charge < -0.3 is 5.73 Å². The van der Waals surface area contributed by atoms with Crippen molar-refractivity contribution in [3.63, 3.8) is 0 Å². The van der Waals surface area contributed by atoms with Gasteiger partial charge in [-0.3, -0.25) is 9.52 Å². The van der Waals surface area contributed by atoms with Crippen molar-refractivity contribution in [2.24, 2.45) is 10.9 Å². The molecule has 0 aliphatic rings. The monoisotopic (exact) mass is 233 g/mol. The minimum absolute atomic E-state index is 0.0345. The molecule has 0 aliphatic heterocycles. The van der Waals surface area contributed by atoms with Crippen molar-refractivity contribution in [2.75, 3.05) is 4.72 Å². The van der Waals surface area contributed by atoms with Crippen LogP contribution < -0.4 is 15.6 Å². The summed E-state index contributed by atoms with van der Waals surface area (Å²) in [6.07, 6.45) is 0. The molecule has 0 heterocycles. The standard InChI is InChI=1S/C7H8FN3O3S/c8-6-2-1-4(11-15(10,13)14)3-5(6)7(9)12/h1-3,11H,(H2,9,12)(H2,10,13,14). The van der Waals surface area contributed by atoms with Crippen molar-refractivity contribution in [1.82, 2.24) is 0 Å². The van der Waals surface area contributed by atoms with Gasteiger partial charge in [-0.2, -0.15) is 8.42 Å². The predicted octanol–water partition coefficient (Wildman–Crippen LogP) is -0.460.